The second kappa shape index (κ2) is 9.30. The maximum absolute atomic E-state index is 5.75. The zero-order valence-electron chi connectivity index (χ0n) is 17.9. The van der Waals surface area contributed by atoms with Crippen LogP contribution < -0.4 is 21.3 Å². The molecule has 3 aromatic rings. The fraction of sp³-hybridized carbons (Fsp3) is 0.417. The predicted octanol–water partition coefficient (Wildman–Crippen LogP) is 4.04. The number of rotatable bonds is 7. The van der Waals surface area contributed by atoms with Crippen LogP contribution in [0.3, 0.4) is 0 Å². The number of para-hydroxylation sites is 1. The molecule has 4 rings (SSSR count). The maximum atomic E-state index is 5.75. The Labute approximate surface area is 178 Å². The highest BCUT2D eigenvalue weighted by Gasteiger charge is 2.22. The summed E-state index contributed by atoms with van der Waals surface area (Å²) in [7, 11) is 4.06. The zero-order valence-corrected chi connectivity index (χ0v) is 17.9. The number of hydrogen-bond acceptors (Lipinski definition) is 6. The van der Waals surface area contributed by atoms with Crippen LogP contribution in [0, 0.1) is 5.92 Å². The fourth-order valence-corrected chi connectivity index (χ4v) is 4.21. The van der Waals surface area contributed by atoms with Gasteiger partial charge in [0.1, 0.15) is 5.82 Å². The van der Waals surface area contributed by atoms with Gasteiger partial charge in [-0.15, -0.1) is 0 Å². The Bertz CT molecular complexity index is 961. The quantitative estimate of drug-likeness (QED) is 0.516. The molecule has 158 valence electrons. The van der Waals surface area contributed by atoms with E-state index in [1.54, 1.807) is 0 Å². The van der Waals surface area contributed by atoms with Gasteiger partial charge in [0.05, 0.1) is 5.52 Å². The van der Waals surface area contributed by atoms with Crippen LogP contribution in [0.25, 0.3) is 10.9 Å². The summed E-state index contributed by atoms with van der Waals surface area (Å²) >= 11 is 0. The van der Waals surface area contributed by atoms with Crippen LogP contribution >= 0.6 is 0 Å². The first-order valence-electron chi connectivity index (χ1n) is 10.8. The van der Waals surface area contributed by atoms with Crippen molar-refractivity contribution in [2.24, 2.45) is 5.92 Å². The van der Waals surface area contributed by atoms with Crippen molar-refractivity contribution in [2.75, 3.05) is 36.6 Å². The van der Waals surface area contributed by atoms with E-state index in [1.807, 2.05) is 38.4 Å². The first kappa shape index (κ1) is 20.4. The Kier molecular flexibility index (Phi) is 6.33. The molecule has 6 nitrogen and oxygen atoms in total. The summed E-state index contributed by atoms with van der Waals surface area (Å²) in [5, 5.41) is 8.29. The molecule has 1 aromatic heterocycles. The van der Waals surface area contributed by atoms with Crippen LogP contribution in [0.5, 0.6) is 0 Å². The van der Waals surface area contributed by atoms with E-state index in [0.29, 0.717) is 6.04 Å². The number of hydrogen-bond donors (Lipinski definition) is 3. The molecule has 1 aliphatic carbocycles. The lowest BCUT2D eigenvalue weighted by atomic mass is 9.86. The molecule has 0 aliphatic heterocycles. The van der Waals surface area contributed by atoms with Crippen LogP contribution in [-0.2, 0) is 6.54 Å². The SMILES string of the molecule is CN(C)c1nc(NC2CCC(CNCc3ccc(N)cc3)CC2)nc2ccccc12. The van der Waals surface area contributed by atoms with E-state index in [4.69, 9.17) is 15.7 Å². The molecule has 30 heavy (non-hydrogen) atoms. The van der Waals surface area contributed by atoms with Gasteiger partial charge in [0, 0.05) is 37.8 Å². The van der Waals surface area contributed by atoms with Gasteiger partial charge in [0.2, 0.25) is 5.95 Å². The summed E-state index contributed by atoms with van der Waals surface area (Å²) < 4.78 is 0. The van der Waals surface area contributed by atoms with Crippen molar-refractivity contribution < 1.29 is 0 Å². The Morgan fingerprint density at radius 1 is 0.967 bits per heavy atom. The summed E-state index contributed by atoms with van der Waals surface area (Å²) in [6.45, 7) is 1.96. The normalized spacial score (nSPS) is 19.0. The second-order valence-electron chi connectivity index (χ2n) is 8.52. The Hall–Kier alpha value is -2.86. The molecule has 6 heteroatoms. The molecule has 0 amide bonds. The number of nitrogens with zero attached hydrogens (tertiary/aromatic N) is 3. The average molecular weight is 405 g/mol. The summed E-state index contributed by atoms with van der Waals surface area (Å²) in [4.78, 5) is 11.6. The number of anilines is 3. The molecule has 0 unspecified atom stereocenters. The van der Waals surface area contributed by atoms with E-state index in [1.165, 1.54) is 18.4 Å². The third-order valence-electron chi connectivity index (χ3n) is 5.93. The molecule has 4 N–H and O–H groups in total. The number of nitrogen functional groups attached to an aromatic ring is 1. The molecule has 0 bridgehead atoms. The number of nitrogens with one attached hydrogen (secondary N) is 2. The van der Waals surface area contributed by atoms with Crippen molar-refractivity contribution in [3.8, 4) is 0 Å². The summed E-state index contributed by atoms with van der Waals surface area (Å²) in [6, 6.07) is 16.7. The van der Waals surface area contributed by atoms with Crippen molar-refractivity contribution in [3.63, 3.8) is 0 Å². The van der Waals surface area contributed by atoms with Gasteiger partial charge in [-0.25, -0.2) is 4.98 Å². The minimum absolute atomic E-state index is 0.439. The van der Waals surface area contributed by atoms with E-state index in [-0.39, 0.29) is 0 Å². The van der Waals surface area contributed by atoms with Crippen molar-refractivity contribution in [3.05, 3.63) is 54.1 Å². The number of aromatic nitrogens is 2. The van der Waals surface area contributed by atoms with E-state index in [2.05, 4.69) is 39.8 Å². The minimum Gasteiger partial charge on any atom is -0.399 e. The van der Waals surface area contributed by atoms with Crippen LogP contribution in [-0.4, -0.2) is 36.6 Å². The number of nitrogens with two attached hydrogens (primary N) is 1. The minimum atomic E-state index is 0.439. The van der Waals surface area contributed by atoms with Gasteiger partial charge in [-0.2, -0.15) is 4.98 Å². The van der Waals surface area contributed by atoms with Crippen LogP contribution in [0.15, 0.2) is 48.5 Å². The number of benzene rings is 2. The third kappa shape index (κ3) is 5.00. The largest absolute Gasteiger partial charge is 0.399 e. The van der Waals surface area contributed by atoms with Crippen LogP contribution in [0.4, 0.5) is 17.5 Å². The number of fused-ring (bicyclic) bond motifs is 1. The smallest absolute Gasteiger partial charge is 0.225 e. The summed E-state index contributed by atoms with van der Waals surface area (Å²) in [5.41, 5.74) is 8.84. The molecule has 1 saturated carbocycles. The van der Waals surface area contributed by atoms with Gasteiger partial charge in [-0.1, -0.05) is 24.3 Å². The molecule has 0 spiro atoms. The van der Waals surface area contributed by atoms with E-state index in [9.17, 15) is 0 Å². The molecule has 1 heterocycles. The first-order chi connectivity index (χ1) is 14.6. The van der Waals surface area contributed by atoms with E-state index >= 15 is 0 Å². The standard InChI is InChI=1S/C24H32N6/c1-30(2)23-21-5-3-4-6-22(21)28-24(29-23)27-20-13-9-18(10-14-20)16-26-15-17-7-11-19(25)12-8-17/h3-8,11-12,18,20,26H,9-10,13-16,25H2,1-2H3,(H,27,28,29). The summed E-state index contributed by atoms with van der Waals surface area (Å²) in [5.74, 6) is 2.43. The second-order valence-corrected chi connectivity index (χ2v) is 8.52. The van der Waals surface area contributed by atoms with Crippen molar-refractivity contribution in [2.45, 2.75) is 38.3 Å². The monoisotopic (exact) mass is 404 g/mol. The molecule has 0 saturated heterocycles. The van der Waals surface area contributed by atoms with Crippen molar-refractivity contribution >= 4 is 28.4 Å². The fourth-order valence-electron chi connectivity index (χ4n) is 4.21. The first-order valence-corrected chi connectivity index (χ1v) is 10.8. The Balaban J connectivity index is 1.29. The van der Waals surface area contributed by atoms with Crippen molar-refractivity contribution in [1.29, 1.82) is 0 Å². The topological polar surface area (TPSA) is 79.1 Å². The summed E-state index contributed by atoms with van der Waals surface area (Å²) in [6.07, 6.45) is 4.75. The van der Waals surface area contributed by atoms with Crippen LogP contribution in [0.1, 0.15) is 31.2 Å². The predicted molar refractivity (Wildman–Crippen MR) is 126 cm³/mol. The Morgan fingerprint density at radius 3 is 2.43 bits per heavy atom. The lowest BCUT2D eigenvalue weighted by Gasteiger charge is -2.29. The molecule has 1 fully saturated rings. The van der Waals surface area contributed by atoms with E-state index in [0.717, 1.165) is 60.2 Å². The van der Waals surface area contributed by atoms with Gasteiger partial charge in [0.15, 0.2) is 0 Å². The van der Waals surface area contributed by atoms with Gasteiger partial charge in [-0.05, 0) is 68.0 Å². The van der Waals surface area contributed by atoms with E-state index < -0.39 is 0 Å². The molecule has 0 radical (unpaired) electrons. The van der Waals surface area contributed by atoms with Gasteiger partial charge >= 0.3 is 0 Å². The molecule has 1 aliphatic rings. The lowest BCUT2D eigenvalue weighted by Crippen LogP contribution is -2.31. The molecule has 2 aromatic carbocycles. The molecular weight excluding hydrogens is 372 g/mol. The highest BCUT2D eigenvalue weighted by atomic mass is 15.2. The lowest BCUT2D eigenvalue weighted by molar-refractivity contribution is 0.324. The van der Waals surface area contributed by atoms with Crippen LogP contribution in [0.2, 0.25) is 0 Å². The molecular formula is C24H32N6. The third-order valence-corrected chi connectivity index (χ3v) is 5.93. The van der Waals surface area contributed by atoms with Crippen molar-refractivity contribution in [1.82, 2.24) is 15.3 Å². The Morgan fingerprint density at radius 2 is 1.70 bits per heavy atom. The highest BCUT2D eigenvalue weighted by molar-refractivity contribution is 5.90. The van der Waals surface area contributed by atoms with Gasteiger partial charge in [-0.3, -0.25) is 0 Å². The average Bonchev–Trinajstić information content (AvgIpc) is 2.76. The van der Waals surface area contributed by atoms with Gasteiger partial charge < -0.3 is 21.3 Å². The maximum Gasteiger partial charge on any atom is 0.225 e. The zero-order chi connectivity index (χ0) is 20.9. The molecule has 0 atom stereocenters. The van der Waals surface area contributed by atoms with Gasteiger partial charge in [0.25, 0.3) is 0 Å². The highest BCUT2D eigenvalue weighted by Crippen LogP contribution is 2.28.